The Labute approximate surface area is 183 Å². The zero-order valence-electron chi connectivity index (χ0n) is 16.8. The van der Waals surface area contributed by atoms with Gasteiger partial charge in [0.15, 0.2) is 5.96 Å². The summed E-state index contributed by atoms with van der Waals surface area (Å²) in [6, 6.07) is 8.24. The maximum Gasteiger partial charge on any atom is 0.191 e. The highest BCUT2D eigenvalue weighted by atomic mass is 127. The highest BCUT2D eigenvalue weighted by molar-refractivity contribution is 14.0. The number of nitrogens with one attached hydrogen (secondary N) is 2. The summed E-state index contributed by atoms with van der Waals surface area (Å²) in [6.45, 7) is 8.27. The van der Waals surface area contributed by atoms with E-state index in [9.17, 15) is 0 Å². The quantitative estimate of drug-likeness (QED) is 0.315. The van der Waals surface area contributed by atoms with Crippen LogP contribution in [0.25, 0.3) is 5.69 Å². The average molecular weight is 493 g/mol. The molecule has 8 heteroatoms. The average Bonchev–Trinajstić information content (AvgIpc) is 3.28. The second-order valence-corrected chi connectivity index (χ2v) is 6.42. The lowest BCUT2D eigenvalue weighted by Crippen LogP contribution is -2.37. The Kier molecular flexibility index (Phi) is 8.04. The Bertz CT molecular complexity index is 913. The molecule has 0 atom stereocenters. The van der Waals surface area contributed by atoms with Crippen LogP contribution in [0.5, 0.6) is 0 Å². The van der Waals surface area contributed by atoms with Gasteiger partial charge in [-0.1, -0.05) is 18.2 Å². The molecule has 0 aliphatic heterocycles. The summed E-state index contributed by atoms with van der Waals surface area (Å²) in [5, 5.41) is 11.2. The smallest absolute Gasteiger partial charge is 0.191 e. The summed E-state index contributed by atoms with van der Waals surface area (Å²) in [5.74, 6) is 0.792. The molecule has 0 unspecified atom stereocenters. The van der Waals surface area contributed by atoms with Crippen molar-refractivity contribution in [2.45, 2.75) is 33.9 Å². The van der Waals surface area contributed by atoms with Crippen LogP contribution in [0.1, 0.15) is 29.4 Å². The molecular weight excluding hydrogens is 465 g/mol. The molecule has 2 heterocycles. The molecule has 0 saturated heterocycles. The van der Waals surface area contributed by atoms with Crippen molar-refractivity contribution in [3.05, 3.63) is 65.5 Å². The number of aryl methyl sites for hydroxylation is 2. The molecule has 150 valence electrons. The second-order valence-electron chi connectivity index (χ2n) is 6.42. The number of aliphatic imine (C=N–C) groups is 1. The molecule has 0 amide bonds. The zero-order valence-corrected chi connectivity index (χ0v) is 19.1. The van der Waals surface area contributed by atoms with Gasteiger partial charge in [0.05, 0.1) is 24.3 Å². The number of nitrogens with zero attached hydrogens (tertiary/aromatic N) is 5. The van der Waals surface area contributed by atoms with Gasteiger partial charge in [0.25, 0.3) is 0 Å². The number of guanidine groups is 1. The lowest BCUT2D eigenvalue weighted by Gasteiger charge is -2.13. The highest BCUT2D eigenvalue weighted by Gasteiger charge is 2.10. The second kappa shape index (κ2) is 10.3. The SMILES string of the molecule is CCNC(=NCc1ccccc1-n1ccnc1)NCc1c(C)nn(C)c1C.I. The number of benzene rings is 1. The lowest BCUT2D eigenvalue weighted by molar-refractivity contribution is 0.728. The molecule has 0 bridgehead atoms. The Morgan fingerprint density at radius 2 is 1.96 bits per heavy atom. The maximum atomic E-state index is 4.77. The number of imidazole rings is 1. The largest absolute Gasteiger partial charge is 0.357 e. The van der Waals surface area contributed by atoms with Crippen molar-refractivity contribution >= 4 is 29.9 Å². The molecule has 28 heavy (non-hydrogen) atoms. The summed E-state index contributed by atoms with van der Waals surface area (Å²) in [4.78, 5) is 8.91. The van der Waals surface area contributed by atoms with Crippen molar-refractivity contribution in [2.75, 3.05) is 6.54 Å². The van der Waals surface area contributed by atoms with Crippen molar-refractivity contribution in [3.63, 3.8) is 0 Å². The number of aromatic nitrogens is 4. The molecular formula is C20H28IN7. The van der Waals surface area contributed by atoms with Gasteiger partial charge in [-0.2, -0.15) is 5.10 Å². The van der Waals surface area contributed by atoms with E-state index in [1.807, 2.05) is 41.5 Å². The van der Waals surface area contributed by atoms with Crippen LogP contribution in [0, 0.1) is 13.8 Å². The van der Waals surface area contributed by atoms with E-state index in [1.165, 1.54) is 11.3 Å². The number of rotatable bonds is 6. The molecule has 3 aromatic rings. The standard InChI is InChI=1S/C20H27N7.HI/c1-5-22-20(24-13-18-15(2)25-26(4)16(18)3)23-12-17-8-6-7-9-19(17)27-11-10-21-14-27;/h6-11,14H,5,12-13H2,1-4H3,(H2,22,23,24);1H. The van der Waals surface area contributed by atoms with E-state index >= 15 is 0 Å². The summed E-state index contributed by atoms with van der Waals surface area (Å²) in [6.07, 6.45) is 5.53. The Balaban J connectivity index is 0.00000280. The van der Waals surface area contributed by atoms with Gasteiger partial charge in [-0.3, -0.25) is 4.68 Å². The zero-order chi connectivity index (χ0) is 19.2. The summed E-state index contributed by atoms with van der Waals surface area (Å²) in [7, 11) is 1.97. The van der Waals surface area contributed by atoms with Crippen molar-refractivity contribution in [3.8, 4) is 5.69 Å². The van der Waals surface area contributed by atoms with E-state index in [2.05, 4.69) is 46.7 Å². The summed E-state index contributed by atoms with van der Waals surface area (Å²) in [5.41, 5.74) is 5.65. The van der Waals surface area contributed by atoms with Crippen LogP contribution in [-0.4, -0.2) is 31.8 Å². The van der Waals surface area contributed by atoms with Crippen LogP contribution in [0.4, 0.5) is 0 Å². The molecule has 1 aromatic carbocycles. The van der Waals surface area contributed by atoms with E-state index < -0.39 is 0 Å². The van der Waals surface area contributed by atoms with Crippen molar-refractivity contribution in [1.82, 2.24) is 30.0 Å². The molecule has 3 rings (SSSR count). The predicted molar refractivity (Wildman–Crippen MR) is 123 cm³/mol. The lowest BCUT2D eigenvalue weighted by atomic mass is 10.2. The molecule has 0 aliphatic carbocycles. The molecule has 0 fully saturated rings. The minimum atomic E-state index is 0. The number of para-hydroxylation sites is 1. The minimum absolute atomic E-state index is 0. The van der Waals surface area contributed by atoms with Crippen LogP contribution in [0.2, 0.25) is 0 Å². The molecule has 0 radical (unpaired) electrons. The summed E-state index contributed by atoms with van der Waals surface area (Å²) >= 11 is 0. The first kappa shape index (κ1) is 21.9. The van der Waals surface area contributed by atoms with Gasteiger partial charge in [-0.05, 0) is 32.4 Å². The summed E-state index contributed by atoms with van der Waals surface area (Å²) < 4.78 is 3.92. The van der Waals surface area contributed by atoms with Gasteiger partial charge in [0.2, 0.25) is 0 Å². The van der Waals surface area contributed by atoms with E-state index in [1.54, 1.807) is 12.5 Å². The first-order chi connectivity index (χ1) is 13.1. The maximum absolute atomic E-state index is 4.77. The first-order valence-corrected chi connectivity index (χ1v) is 9.17. The Morgan fingerprint density at radius 1 is 1.18 bits per heavy atom. The van der Waals surface area contributed by atoms with E-state index in [0.29, 0.717) is 13.1 Å². The van der Waals surface area contributed by atoms with Gasteiger partial charge >= 0.3 is 0 Å². The molecule has 7 nitrogen and oxygen atoms in total. The fraction of sp³-hybridized carbons (Fsp3) is 0.350. The van der Waals surface area contributed by atoms with Crippen molar-refractivity contribution < 1.29 is 0 Å². The first-order valence-electron chi connectivity index (χ1n) is 9.17. The van der Waals surface area contributed by atoms with Gasteiger partial charge in [-0.25, -0.2) is 9.98 Å². The predicted octanol–water partition coefficient (Wildman–Crippen LogP) is 3.10. The van der Waals surface area contributed by atoms with E-state index in [0.717, 1.165) is 29.4 Å². The molecule has 0 aliphatic rings. The fourth-order valence-electron chi connectivity index (χ4n) is 3.05. The van der Waals surface area contributed by atoms with Gasteiger partial charge < -0.3 is 15.2 Å². The fourth-order valence-corrected chi connectivity index (χ4v) is 3.05. The molecule has 0 saturated carbocycles. The van der Waals surface area contributed by atoms with Gasteiger partial charge in [-0.15, -0.1) is 24.0 Å². The van der Waals surface area contributed by atoms with Crippen LogP contribution in [0.15, 0.2) is 48.0 Å². The van der Waals surface area contributed by atoms with Crippen LogP contribution in [-0.2, 0) is 20.1 Å². The Morgan fingerprint density at radius 3 is 2.61 bits per heavy atom. The number of hydrogen-bond acceptors (Lipinski definition) is 3. The van der Waals surface area contributed by atoms with E-state index in [4.69, 9.17) is 4.99 Å². The van der Waals surface area contributed by atoms with Crippen LogP contribution < -0.4 is 10.6 Å². The van der Waals surface area contributed by atoms with Gasteiger partial charge in [0, 0.05) is 43.8 Å². The number of halogens is 1. The van der Waals surface area contributed by atoms with Crippen LogP contribution >= 0.6 is 24.0 Å². The van der Waals surface area contributed by atoms with E-state index in [-0.39, 0.29) is 24.0 Å². The molecule has 2 aromatic heterocycles. The van der Waals surface area contributed by atoms with Crippen LogP contribution in [0.3, 0.4) is 0 Å². The Hall–Kier alpha value is -2.36. The monoisotopic (exact) mass is 493 g/mol. The third kappa shape index (κ3) is 5.12. The number of hydrogen-bond donors (Lipinski definition) is 2. The highest BCUT2D eigenvalue weighted by Crippen LogP contribution is 2.15. The van der Waals surface area contributed by atoms with Gasteiger partial charge in [0.1, 0.15) is 0 Å². The molecule has 2 N–H and O–H groups in total. The minimum Gasteiger partial charge on any atom is -0.357 e. The van der Waals surface area contributed by atoms with Crippen molar-refractivity contribution in [2.24, 2.45) is 12.0 Å². The molecule has 0 spiro atoms. The van der Waals surface area contributed by atoms with Crippen molar-refractivity contribution in [1.29, 1.82) is 0 Å². The third-order valence-electron chi connectivity index (χ3n) is 4.62. The normalized spacial score (nSPS) is 11.2. The third-order valence-corrected chi connectivity index (χ3v) is 4.62. The topological polar surface area (TPSA) is 72.1 Å².